The number of esters is 1. The van der Waals surface area contributed by atoms with Crippen LogP contribution in [-0.4, -0.2) is 26.8 Å². The van der Waals surface area contributed by atoms with E-state index in [2.05, 4.69) is 23.5 Å². The van der Waals surface area contributed by atoms with Crippen molar-refractivity contribution in [2.24, 2.45) is 5.92 Å². The average molecular weight is 379 g/mol. The molecule has 1 heterocycles. The van der Waals surface area contributed by atoms with E-state index < -0.39 is 0 Å². The second-order valence-electron chi connectivity index (χ2n) is 7.08. The standard InChI is InChI=1S/C23H25NO4/c1-4-28-23(25)14-11-12-19-18(13-14)15-7-5-8-16(15)21(24-19)17-9-6-10-20(26-2)22(17)27-3/h5-7,9-13,15-16,21,24H,4,8H2,1-3H3/t15-,16+,21+/m1/s1. The van der Waals surface area contributed by atoms with Crippen LogP contribution < -0.4 is 14.8 Å². The van der Waals surface area contributed by atoms with Gasteiger partial charge in [0.2, 0.25) is 0 Å². The first kappa shape index (κ1) is 18.4. The molecular weight excluding hydrogens is 354 g/mol. The summed E-state index contributed by atoms with van der Waals surface area (Å²) in [6, 6.07) is 11.8. The van der Waals surface area contributed by atoms with Gasteiger partial charge in [0.05, 0.1) is 32.4 Å². The molecular formula is C23H25NO4. The second kappa shape index (κ2) is 7.58. The Balaban J connectivity index is 1.75. The van der Waals surface area contributed by atoms with Gasteiger partial charge in [0.1, 0.15) is 0 Å². The van der Waals surface area contributed by atoms with Crippen LogP contribution >= 0.6 is 0 Å². The van der Waals surface area contributed by atoms with E-state index in [1.54, 1.807) is 14.2 Å². The molecule has 5 heteroatoms. The van der Waals surface area contributed by atoms with Crippen molar-refractivity contribution >= 4 is 11.7 Å². The number of carbonyl (C=O) groups excluding carboxylic acids is 1. The molecule has 1 aliphatic carbocycles. The Morgan fingerprint density at radius 1 is 1.14 bits per heavy atom. The lowest BCUT2D eigenvalue weighted by Crippen LogP contribution is -2.29. The topological polar surface area (TPSA) is 56.8 Å². The van der Waals surface area contributed by atoms with Crippen molar-refractivity contribution in [1.82, 2.24) is 0 Å². The number of hydrogen-bond acceptors (Lipinski definition) is 5. The zero-order valence-corrected chi connectivity index (χ0v) is 16.4. The van der Waals surface area contributed by atoms with Crippen molar-refractivity contribution < 1.29 is 19.0 Å². The molecule has 5 nitrogen and oxygen atoms in total. The molecule has 0 aromatic heterocycles. The lowest BCUT2D eigenvalue weighted by atomic mass is 9.76. The predicted molar refractivity (Wildman–Crippen MR) is 108 cm³/mol. The molecule has 1 aliphatic heterocycles. The summed E-state index contributed by atoms with van der Waals surface area (Å²) in [4.78, 5) is 12.2. The number of carbonyl (C=O) groups is 1. The van der Waals surface area contributed by atoms with Crippen LogP contribution in [0.25, 0.3) is 0 Å². The summed E-state index contributed by atoms with van der Waals surface area (Å²) in [5.41, 5.74) is 3.86. The van der Waals surface area contributed by atoms with Crippen LogP contribution in [-0.2, 0) is 4.74 Å². The Morgan fingerprint density at radius 3 is 2.75 bits per heavy atom. The van der Waals surface area contributed by atoms with Crippen LogP contribution in [0.3, 0.4) is 0 Å². The predicted octanol–water partition coefficient (Wildman–Crippen LogP) is 4.71. The Labute approximate surface area is 165 Å². The van der Waals surface area contributed by atoms with Crippen molar-refractivity contribution in [2.45, 2.75) is 25.3 Å². The van der Waals surface area contributed by atoms with E-state index in [9.17, 15) is 4.79 Å². The van der Waals surface area contributed by atoms with Gasteiger partial charge in [0, 0.05) is 17.2 Å². The van der Waals surface area contributed by atoms with Crippen molar-refractivity contribution in [3.05, 3.63) is 65.2 Å². The number of hydrogen-bond donors (Lipinski definition) is 1. The molecule has 0 fully saturated rings. The summed E-state index contributed by atoms with van der Waals surface area (Å²) in [6.45, 7) is 2.19. The van der Waals surface area contributed by atoms with Crippen LogP contribution in [0.15, 0.2) is 48.6 Å². The molecule has 4 rings (SSSR count). The molecule has 2 aliphatic rings. The van der Waals surface area contributed by atoms with Crippen LogP contribution in [0.4, 0.5) is 5.69 Å². The number of methoxy groups -OCH3 is 2. The Bertz CT molecular complexity index is 921. The highest BCUT2D eigenvalue weighted by Crippen LogP contribution is 2.52. The molecule has 0 amide bonds. The summed E-state index contributed by atoms with van der Waals surface area (Å²) in [6.07, 6.45) is 5.44. The van der Waals surface area contributed by atoms with E-state index >= 15 is 0 Å². The smallest absolute Gasteiger partial charge is 0.338 e. The SMILES string of the molecule is CCOC(=O)c1ccc2c(c1)[C@@H]1C=CC[C@@H]1[C@@H](c1cccc(OC)c1OC)N2. The molecule has 3 atom stereocenters. The monoisotopic (exact) mass is 379 g/mol. The Kier molecular flexibility index (Phi) is 4.99. The summed E-state index contributed by atoms with van der Waals surface area (Å²) < 4.78 is 16.4. The van der Waals surface area contributed by atoms with Gasteiger partial charge in [-0.2, -0.15) is 0 Å². The minimum Gasteiger partial charge on any atom is -0.493 e. The fraction of sp³-hybridized carbons (Fsp3) is 0.348. The largest absolute Gasteiger partial charge is 0.493 e. The Hall–Kier alpha value is -2.95. The van der Waals surface area contributed by atoms with Gasteiger partial charge in [-0.3, -0.25) is 0 Å². The second-order valence-corrected chi connectivity index (χ2v) is 7.08. The molecule has 2 aromatic rings. The van der Waals surface area contributed by atoms with Gasteiger partial charge in [-0.25, -0.2) is 4.79 Å². The first-order chi connectivity index (χ1) is 13.7. The number of fused-ring (bicyclic) bond motifs is 3. The molecule has 28 heavy (non-hydrogen) atoms. The first-order valence-corrected chi connectivity index (χ1v) is 9.63. The number of allylic oxidation sites excluding steroid dienone is 2. The minimum absolute atomic E-state index is 0.0889. The minimum atomic E-state index is -0.277. The molecule has 0 radical (unpaired) electrons. The maximum Gasteiger partial charge on any atom is 0.338 e. The van der Waals surface area contributed by atoms with E-state index in [-0.39, 0.29) is 17.9 Å². The number of ether oxygens (including phenoxy) is 3. The van der Waals surface area contributed by atoms with Crippen molar-refractivity contribution in [1.29, 1.82) is 0 Å². The summed E-state index contributed by atoms with van der Waals surface area (Å²) in [5.74, 6) is 1.80. The third-order valence-electron chi connectivity index (χ3n) is 5.64. The highest BCUT2D eigenvalue weighted by molar-refractivity contribution is 5.90. The van der Waals surface area contributed by atoms with Gasteiger partial charge in [-0.15, -0.1) is 0 Å². The lowest BCUT2D eigenvalue weighted by molar-refractivity contribution is 0.0526. The number of anilines is 1. The van der Waals surface area contributed by atoms with Crippen LogP contribution in [0.2, 0.25) is 0 Å². The van der Waals surface area contributed by atoms with Crippen LogP contribution in [0.1, 0.15) is 46.8 Å². The quantitative estimate of drug-likeness (QED) is 0.602. The number of nitrogens with one attached hydrogen (secondary N) is 1. The molecule has 146 valence electrons. The Morgan fingerprint density at radius 2 is 2.00 bits per heavy atom. The molecule has 2 aromatic carbocycles. The third kappa shape index (κ3) is 3.01. The third-order valence-corrected chi connectivity index (χ3v) is 5.64. The van der Waals surface area contributed by atoms with Gasteiger partial charge in [0.15, 0.2) is 11.5 Å². The lowest BCUT2D eigenvalue weighted by Gasteiger charge is -2.38. The van der Waals surface area contributed by atoms with E-state index in [1.165, 1.54) is 0 Å². The molecule has 0 bridgehead atoms. The van der Waals surface area contributed by atoms with E-state index in [0.29, 0.717) is 18.1 Å². The van der Waals surface area contributed by atoms with Crippen molar-refractivity contribution in [3.63, 3.8) is 0 Å². The molecule has 0 unspecified atom stereocenters. The number of para-hydroxylation sites is 1. The highest BCUT2D eigenvalue weighted by atomic mass is 16.5. The van der Waals surface area contributed by atoms with Gasteiger partial charge in [0.25, 0.3) is 0 Å². The van der Waals surface area contributed by atoms with E-state index in [4.69, 9.17) is 14.2 Å². The summed E-state index contributed by atoms with van der Waals surface area (Å²) in [5, 5.41) is 3.68. The van der Waals surface area contributed by atoms with Crippen molar-refractivity contribution in [3.8, 4) is 11.5 Å². The van der Waals surface area contributed by atoms with Gasteiger partial charge < -0.3 is 19.5 Å². The number of rotatable bonds is 5. The zero-order chi connectivity index (χ0) is 19.7. The van der Waals surface area contributed by atoms with Gasteiger partial charge >= 0.3 is 5.97 Å². The maximum atomic E-state index is 12.2. The normalized spacial score (nSPS) is 22.0. The summed E-state index contributed by atoms with van der Waals surface area (Å²) in [7, 11) is 3.33. The van der Waals surface area contributed by atoms with Crippen molar-refractivity contribution in [2.75, 3.05) is 26.1 Å². The van der Waals surface area contributed by atoms with E-state index in [1.807, 2.05) is 37.3 Å². The molecule has 0 spiro atoms. The maximum absolute atomic E-state index is 12.2. The molecule has 0 saturated carbocycles. The fourth-order valence-corrected chi connectivity index (χ4v) is 4.40. The van der Waals surface area contributed by atoms with Gasteiger partial charge in [-0.05, 0) is 49.1 Å². The average Bonchev–Trinajstić information content (AvgIpc) is 3.22. The number of benzene rings is 2. The van der Waals surface area contributed by atoms with Crippen LogP contribution in [0, 0.1) is 5.92 Å². The summed E-state index contributed by atoms with van der Waals surface area (Å²) >= 11 is 0. The first-order valence-electron chi connectivity index (χ1n) is 9.63. The fourth-order valence-electron chi connectivity index (χ4n) is 4.40. The van der Waals surface area contributed by atoms with E-state index in [0.717, 1.165) is 34.7 Å². The molecule has 0 saturated heterocycles. The van der Waals surface area contributed by atoms with Crippen LogP contribution in [0.5, 0.6) is 11.5 Å². The van der Waals surface area contributed by atoms with Gasteiger partial charge in [-0.1, -0.05) is 24.3 Å². The molecule has 1 N–H and O–H groups in total. The highest BCUT2D eigenvalue weighted by Gasteiger charge is 2.39. The zero-order valence-electron chi connectivity index (χ0n) is 16.4.